The van der Waals surface area contributed by atoms with E-state index in [-0.39, 0.29) is 0 Å². The van der Waals surface area contributed by atoms with Crippen molar-refractivity contribution in [3.8, 4) is 0 Å². The maximum Gasteiger partial charge on any atom is 0.0391 e. The first-order chi connectivity index (χ1) is 10.2. The predicted octanol–water partition coefficient (Wildman–Crippen LogP) is 4.07. The molecule has 0 radical (unpaired) electrons. The molecule has 116 valence electrons. The van der Waals surface area contributed by atoms with Crippen LogP contribution in [-0.2, 0) is 0 Å². The summed E-state index contributed by atoms with van der Waals surface area (Å²) in [5, 5.41) is 0. The summed E-state index contributed by atoms with van der Waals surface area (Å²) in [6.45, 7) is 6.68. The number of rotatable bonds is 4. The topological polar surface area (TPSA) is 29.3 Å². The molecule has 0 bridgehead atoms. The van der Waals surface area contributed by atoms with E-state index in [1.165, 1.54) is 44.2 Å². The first-order valence-corrected chi connectivity index (χ1v) is 8.76. The van der Waals surface area contributed by atoms with Gasteiger partial charge in [0.2, 0.25) is 0 Å². The highest BCUT2D eigenvalue weighted by atomic mass is 15.2. The highest BCUT2D eigenvalue weighted by molar-refractivity contribution is 5.31. The zero-order valence-corrected chi connectivity index (χ0v) is 13.6. The van der Waals surface area contributed by atoms with Crippen molar-refractivity contribution in [2.24, 2.45) is 11.7 Å². The Labute approximate surface area is 129 Å². The Balaban J connectivity index is 1.94. The second kappa shape index (κ2) is 6.50. The summed E-state index contributed by atoms with van der Waals surface area (Å²) in [6.07, 6.45) is 6.67. The van der Waals surface area contributed by atoms with Gasteiger partial charge in [-0.2, -0.15) is 0 Å². The summed E-state index contributed by atoms with van der Waals surface area (Å²) >= 11 is 0. The van der Waals surface area contributed by atoms with Gasteiger partial charge in [-0.1, -0.05) is 30.7 Å². The van der Waals surface area contributed by atoms with Gasteiger partial charge < -0.3 is 5.73 Å². The molecule has 2 fully saturated rings. The van der Waals surface area contributed by atoms with Crippen molar-refractivity contribution in [1.82, 2.24) is 4.90 Å². The standard InChI is InChI=1S/C19H30N2/c1-14(2)21-11-4-3-6-18(13-20)19(21)17-8-5-7-16(12-17)15-9-10-15/h5,7-8,12,14-15,18-19H,3-4,6,9-11,13,20H2,1-2H3. The molecule has 2 nitrogen and oxygen atoms in total. The van der Waals surface area contributed by atoms with Crippen LogP contribution in [0.5, 0.6) is 0 Å². The molecule has 1 saturated carbocycles. The molecule has 0 aromatic heterocycles. The van der Waals surface area contributed by atoms with Gasteiger partial charge in [0.15, 0.2) is 0 Å². The fourth-order valence-corrected chi connectivity index (χ4v) is 3.97. The molecule has 2 N–H and O–H groups in total. The van der Waals surface area contributed by atoms with Crippen LogP contribution in [-0.4, -0.2) is 24.0 Å². The molecule has 2 unspecified atom stereocenters. The molecule has 2 heteroatoms. The summed E-state index contributed by atoms with van der Waals surface area (Å²) in [6, 6.07) is 10.5. The van der Waals surface area contributed by atoms with Gasteiger partial charge in [-0.15, -0.1) is 0 Å². The molecular weight excluding hydrogens is 256 g/mol. The van der Waals surface area contributed by atoms with E-state index in [9.17, 15) is 0 Å². The molecule has 1 heterocycles. The van der Waals surface area contributed by atoms with E-state index >= 15 is 0 Å². The monoisotopic (exact) mass is 286 g/mol. The Kier molecular flexibility index (Phi) is 4.66. The lowest BCUT2D eigenvalue weighted by molar-refractivity contribution is 0.121. The smallest absolute Gasteiger partial charge is 0.0391 e. The number of likely N-dealkylation sites (tertiary alicyclic amines) is 1. The van der Waals surface area contributed by atoms with Crippen LogP contribution in [0.2, 0.25) is 0 Å². The van der Waals surface area contributed by atoms with E-state index in [0.717, 1.165) is 12.5 Å². The zero-order chi connectivity index (χ0) is 14.8. The molecule has 21 heavy (non-hydrogen) atoms. The minimum Gasteiger partial charge on any atom is -0.330 e. The second-order valence-corrected chi connectivity index (χ2v) is 7.21. The van der Waals surface area contributed by atoms with E-state index in [1.54, 1.807) is 5.56 Å². The van der Waals surface area contributed by atoms with Gasteiger partial charge >= 0.3 is 0 Å². The molecule has 2 aliphatic rings. The van der Waals surface area contributed by atoms with Crippen LogP contribution in [0.3, 0.4) is 0 Å². The lowest BCUT2D eigenvalue weighted by Gasteiger charge is -2.38. The molecule has 1 aliphatic carbocycles. The van der Waals surface area contributed by atoms with Crippen molar-refractivity contribution in [3.63, 3.8) is 0 Å². The minimum atomic E-state index is 0.510. The summed E-state index contributed by atoms with van der Waals surface area (Å²) in [5.41, 5.74) is 9.20. The lowest BCUT2D eigenvalue weighted by Crippen LogP contribution is -2.39. The van der Waals surface area contributed by atoms with Gasteiger partial charge in [-0.25, -0.2) is 0 Å². The van der Waals surface area contributed by atoms with E-state index < -0.39 is 0 Å². The van der Waals surface area contributed by atoms with Crippen LogP contribution in [0.25, 0.3) is 0 Å². The Morgan fingerprint density at radius 3 is 2.57 bits per heavy atom. The SMILES string of the molecule is CC(C)N1CCCCC(CN)C1c1cccc(C2CC2)c1. The normalized spacial score (nSPS) is 27.8. The third-order valence-electron chi connectivity index (χ3n) is 5.31. The van der Waals surface area contributed by atoms with Gasteiger partial charge in [0.25, 0.3) is 0 Å². The first kappa shape index (κ1) is 15.1. The number of benzene rings is 1. The molecule has 1 aromatic carbocycles. The van der Waals surface area contributed by atoms with Crippen molar-refractivity contribution in [1.29, 1.82) is 0 Å². The van der Waals surface area contributed by atoms with Crippen molar-refractivity contribution in [3.05, 3.63) is 35.4 Å². The largest absolute Gasteiger partial charge is 0.330 e. The molecule has 3 rings (SSSR count). The molecule has 1 saturated heterocycles. The molecule has 1 aromatic rings. The number of nitrogens with two attached hydrogens (primary N) is 1. The van der Waals surface area contributed by atoms with Crippen LogP contribution in [0.15, 0.2) is 24.3 Å². The van der Waals surface area contributed by atoms with Gasteiger partial charge in [-0.3, -0.25) is 4.90 Å². The van der Waals surface area contributed by atoms with Crippen molar-refractivity contribution >= 4 is 0 Å². The Bertz CT molecular complexity index is 464. The summed E-state index contributed by atoms with van der Waals surface area (Å²) in [4.78, 5) is 2.69. The predicted molar refractivity (Wildman–Crippen MR) is 89.4 cm³/mol. The Hall–Kier alpha value is -0.860. The molecule has 2 atom stereocenters. The Morgan fingerprint density at radius 2 is 1.90 bits per heavy atom. The summed E-state index contributed by atoms with van der Waals surface area (Å²) in [7, 11) is 0. The quantitative estimate of drug-likeness (QED) is 0.904. The molecule has 0 amide bonds. The number of hydrogen-bond donors (Lipinski definition) is 1. The van der Waals surface area contributed by atoms with E-state index in [0.29, 0.717) is 18.0 Å². The van der Waals surface area contributed by atoms with Crippen LogP contribution < -0.4 is 5.73 Å². The average molecular weight is 286 g/mol. The fourth-order valence-electron chi connectivity index (χ4n) is 3.97. The van der Waals surface area contributed by atoms with Crippen LogP contribution in [0, 0.1) is 5.92 Å². The number of nitrogens with zero attached hydrogens (tertiary/aromatic N) is 1. The highest BCUT2D eigenvalue weighted by Crippen LogP contribution is 2.42. The second-order valence-electron chi connectivity index (χ2n) is 7.21. The van der Waals surface area contributed by atoms with Crippen molar-refractivity contribution in [2.45, 2.75) is 64.0 Å². The average Bonchev–Trinajstić information content (AvgIpc) is 3.33. The van der Waals surface area contributed by atoms with Crippen molar-refractivity contribution < 1.29 is 0 Å². The Morgan fingerprint density at radius 1 is 1.14 bits per heavy atom. The molecule has 1 aliphatic heterocycles. The van der Waals surface area contributed by atoms with E-state index in [4.69, 9.17) is 5.73 Å². The highest BCUT2D eigenvalue weighted by Gasteiger charge is 2.32. The summed E-state index contributed by atoms with van der Waals surface area (Å²) < 4.78 is 0. The van der Waals surface area contributed by atoms with E-state index in [1.807, 2.05) is 0 Å². The maximum absolute atomic E-state index is 6.15. The van der Waals surface area contributed by atoms with Crippen molar-refractivity contribution in [2.75, 3.05) is 13.1 Å². The fraction of sp³-hybridized carbons (Fsp3) is 0.684. The van der Waals surface area contributed by atoms with Gasteiger partial charge in [-0.05, 0) is 75.6 Å². The van der Waals surface area contributed by atoms with Gasteiger partial charge in [0.1, 0.15) is 0 Å². The van der Waals surface area contributed by atoms with Gasteiger partial charge in [0.05, 0.1) is 0 Å². The third-order valence-corrected chi connectivity index (χ3v) is 5.31. The van der Waals surface area contributed by atoms with Crippen LogP contribution in [0.1, 0.15) is 69.0 Å². The zero-order valence-electron chi connectivity index (χ0n) is 13.6. The first-order valence-electron chi connectivity index (χ1n) is 8.76. The van der Waals surface area contributed by atoms with E-state index in [2.05, 4.69) is 43.0 Å². The number of hydrogen-bond acceptors (Lipinski definition) is 2. The van der Waals surface area contributed by atoms with Crippen LogP contribution in [0.4, 0.5) is 0 Å². The molecule has 0 spiro atoms. The van der Waals surface area contributed by atoms with Crippen LogP contribution >= 0.6 is 0 Å². The van der Waals surface area contributed by atoms with Gasteiger partial charge in [0, 0.05) is 12.1 Å². The molecular formula is C19H30N2. The lowest BCUT2D eigenvalue weighted by atomic mass is 9.87. The minimum absolute atomic E-state index is 0.510. The maximum atomic E-state index is 6.15. The summed E-state index contributed by atoms with van der Waals surface area (Å²) in [5.74, 6) is 1.43. The third kappa shape index (κ3) is 3.32.